The topological polar surface area (TPSA) is 75.7 Å². The van der Waals surface area contributed by atoms with Gasteiger partial charge in [-0.15, -0.1) is 0 Å². The molecule has 27 heavy (non-hydrogen) atoms. The lowest BCUT2D eigenvalue weighted by Gasteiger charge is -2.28. The minimum atomic E-state index is -3.73. The van der Waals surface area contributed by atoms with E-state index in [1.807, 2.05) is 32.0 Å². The Hall–Kier alpha value is -2.25. The van der Waals surface area contributed by atoms with E-state index in [4.69, 9.17) is 16.3 Å². The number of carbonyl (C=O) groups is 1. The smallest absolute Gasteiger partial charge is 0.247 e. The predicted octanol–water partition coefficient (Wildman–Crippen LogP) is 3.76. The molecule has 0 saturated carbocycles. The number of nitrogens with zero attached hydrogens (tertiary/aromatic N) is 1. The van der Waals surface area contributed by atoms with Crippen LogP contribution in [0.5, 0.6) is 5.75 Å². The molecule has 1 atom stereocenters. The molecule has 0 spiro atoms. The third-order valence-electron chi connectivity index (χ3n) is 3.97. The number of nitrogens with one attached hydrogen (secondary N) is 1. The molecule has 1 amide bonds. The largest absolute Gasteiger partial charge is 0.495 e. The minimum Gasteiger partial charge on any atom is -0.495 e. The molecule has 6 nitrogen and oxygen atoms in total. The van der Waals surface area contributed by atoms with Gasteiger partial charge in [-0.2, -0.15) is 0 Å². The number of aryl methyl sites for hydroxylation is 2. The molecule has 0 saturated heterocycles. The maximum Gasteiger partial charge on any atom is 0.247 e. The Labute approximate surface area is 165 Å². The lowest BCUT2D eigenvalue weighted by molar-refractivity contribution is -0.116. The number of anilines is 2. The Balaban J connectivity index is 2.36. The molecule has 0 aliphatic rings. The molecule has 8 heteroatoms. The summed E-state index contributed by atoms with van der Waals surface area (Å²) in [5.41, 5.74) is 2.90. The number of ether oxygens (including phenoxy) is 1. The van der Waals surface area contributed by atoms with Gasteiger partial charge in [0.2, 0.25) is 15.9 Å². The van der Waals surface area contributed by atoms with Gasteiger partial charge in [0.25, 0.3) is 0 Å². The average molecular weight is 411 g/mol. The van der Waals surface area contributed by atoms with Crippen LogP contribution in [0.2, 0.25) is 5.02 Å². The van der Waals surface area contributed by atoms with Gasteiger partial charge in [-0.05, 0) is 62.2 Å². The summed E-state index contributed by atoms with van der Waals surface area (Å²) in [5, 5.41) is 3.04. The molecular weight excluding hydrogens is 388 g/mol. The van der Waals surface area contributed by atoms with Gasteiger partial charge in [0.15, 0.2) is 0 Å². The highest BCUT2D eigenvalue weighted by atomic mass is 35.5. The van der Waals surface area contributed by atoms with E-state index in [0.717, 1.165) is 21.7 Å². The van der Waals surface area contributed by atoms with Crippen LogP contribution in [-0.2, 0) is 14.8 Å². The standard InChI is InChI=1S/C19H23ClN2O4S/c1-12-8-13(2)10-15(9-12)21-19(23)14(3)22(27(5,24)25)16-6-7-18(26-4)17(20)11-16/h6-11,14H,1-5H3,(H,21,23)/t14-/m0/s1. The first-order chi connectivity index (χ1) is 12.5. The Morgan fingerprint density at radius 3 is 2.22 bits per heavy atom. The van der Waals surface area contributed by atoms with Gasteiger partial charge in [-0.25, -0.2) is 8.42 Å². The molecular formula is C19H23ClN2O4S. The Bertz CT molecular complexity index is 940. The van der Waals surface area contributed by atoms with Crippen LogP contribution in [-0.4, -0.2) is 33.7 Å². The SMILES string of the molecule is COc1ccc(N([C@@H](C)C(=O)Nc2cc(C)cc(C)c2)S(C)(=O)=O)cc1Cl. The number of benzene rings is 2. The number of rotatable bonds is 6. The highest BCUT2D eigenvalue weighted by molar-refractivity contribution is 7.92. The van der Waals surface area contributed by atoms with E-state index in [-0.39, 0.29) is 10.7 Å². The Kier molecular flexibility index (Phi) is 6.38. The van der Waals surface area contributed by atoms with Crippen molar-refractivity contribution < 1.29 is 17.9 Å². The van der Waals surface area contributed by atoms with Crippen molar-refractivity contribution >= 4 is 38.9 Å². The van der Waals surface area contributed by atoms with Gasteiger partial charge in [0.1, 0.15) is 11.8 Å². The molecule has 2 aromatic carbocycles. The van der Waals surface area contributed by atoms with Gasteiger partial charge < -0.3 is 10.1 Å². The van der Waals surface area contributed by atoms with Gasteiger partial charge in [0, 0.05) is 5.69 Å². The number of halogens is 1. The number of amides is 1. The molecule has 1 N–H and O–H groups in total. The fraction of sp³-hybridized carbons (Fsp3) is 0.316. The van der Waals surface area contributed by atoms with Gasteiger partial charge >= 0.3 is 0 Å². The molecule has 0 unspecified atom stereocenters. The molecule has 0 aliphatic heterocycles. The van der Waals surface area contributed by atoms with Crippen molar-refractivity contribution in [2.24, 2.45) is 0 Å². The summed E-state index contributed by atoms with van der Waals surface area (Å²) in [6.07, 6.45) is 1.05. The van der Waals surface area contributed by atoms with Crippen LogP contribution in [0.25, 0.3) is 0 Å². The van der Waals surface area contributed by atoms with Crippen molar-refractivity contribution in [3.63, 3.8) is 0 Å². The molecule has 0 heterocycles. The van der Waals surface area contributed by atoms with Crippen LogP contribution in [0.3, 0.4) is 0 Å². The third kappa shape index (κ3) is 5.14. The molecule has 0 bridgehead atoms. The zero-order chi connectivity index (χ0) is 20.4. The first-order valence-corrected chi connectivity index (χ1v) is 10.5. The van der Waals surface area contributed by atoms with Crippen molar-refractivity contribution in [3.05, 3.63) is 52.5 Å². The highest BCUT2D eigenvalue weighted by Gasteiger charge is 2.29. The van der Waals surface area contributed by atoms with Crippen LogP contribution < -0.4 is 14.4 Å². The van der Waals surface area contributed by atoms with E-state index >= 15 is 0 Å². The lowest BCUT2D eigenvalue weighted by Crippen LogP contribution is -2.45. The maximum absolute atomic E-state index is 12.7. The molecule has 0 radical (unpaired) electrons. The van der Waals surface area contributed by atoms with Crippen LogP contribution in [0.1, 0.15) is 18.1 Å². The summed E-state index contributed by atoms with van der Waals surface area (Å²) in [4.78, 5) is 12.7. The summed E-state index contributed by atoms with van der Waals surface area (Å²) in [7, 11) is -2.27. The fourth-order valence-electron chi connectivity index (χ4n) is 2.89. The van der Waals surface area contributed by atoms with E-state index in [0.29, 0.717) is 11.4 Å². The Morgan fingerprint density at radius 1 is 1.15 bits per heavy atom. The minimum absolute atomic E-state index is 0.255. The maximum atomic E-state index is 12.7. The molecule has 0 aliphatic carbocycles. The predicted molar refractivity (Wildman–Crippen MR) is 109 cm³/mol. The van der Waals surface area contributed by atoms with Crippen molar-refractivity contribution in [3.8, 4) is 5.75 Å². The zero-order valence-electron chi connectivity index (χ0n) is 15.9. The molecule has 2 rings (SSSR count). The van der Waals surface area contributed by atoms with E-state index in [1.165, 1.54) is 20.1 Å². The summed E-state index contributed by atoms with van der Waals surface area (Å²) in [6.45, 7) is 5.37. The van der Waals surface area contributed by atoms with Crippen LogP contribution >= 0.6 is 11.6 Å². The number of carbonyl (C=O) groups excluding carboxylic acids is 1. The van der Waals surface area contributed by atoms with Crippen LogP contribution in [0, 0.1) is 13.8 Å². The quantitative estimate of drug-likeness (QED) is 0.786. The average Bonchev–Trinajstić information content (AvgIpc) is 2.52. The Morgan fingerprint density at radius 2 is 1.74 bits per heavy atom. The van der Waals surface area contributed by atoms with Gasteiger partial charge in [-0.3, -0.25) is 9.10 Å². The molecule has 146 valence electrons. The highest BCUT2D eigenvalue weighted by Crippen LogP contribution is 2.31. The second-order valence-corrected chi connectivity index (χ2v) is 8.69. The first kappa shape index (κ1) is 21.1. The number of sulfonamides is 1. The van der Waals surface area contributed by atoms with Crippen molar-refractivity contribution in [2.75, 3.05) is 23.0 Å². The van der Waals surface area contributed by atoms with E-state index < -0.39 is 22.0 Å². The van der Waals surface area contributed by atoms with E-state index in [9.17, 15) is 13.2 Å². The van der Waals surface area contributed by atoms with Crippen molar-refractivity contribution in [2.45, 2.75) is 26.8 Å². The van der Waals surface area contributed by atoms with E-state index in [2.05, 4.69) is 5.32 Å². The molecule has 2 aromatic rings. The number of hydrogen-bond donors (Lipinski definition) is 1. The second-order valence-electron chi connectivity index (χ2n) is 6.42. The monoisotopic (exact) mass is 410 g/mol. The summed E-state index contributed by atoms with van der Waals surface area (Å²) in [6, 6.07) is 9.23. The zero-order valence-corrected chi connectivity index (χ0v) is 17.5. The fourth-order valence-corrected chi connectivity index (χ4v) is 4.31. The third-order valence-corrected chi connectivity index (χ3v) is 5.50. The number of methoxy groups -OCH3 is 1. The van der Waals surface area contributed by atoms with Crippen LogP contribution in [0.15, 0.2) is 36.4 Å². The second kappa shape index (κ2) is 8.19. The van der Waals surface area contributed by atoms with Gasteiger partial charge in [0.05, 0.1) is 24.1 Å². The van der Waals surface area contributed by atoms with Gasteiger partial charge in [-0.1, -0.05) is 17.7 Å². The molecule has 0 fully saturated rings. The summed E-state index contributed by atoms with van der Waals surface area (Å²) < 4.78 is 30.9. The lowest BCUT2D eigenvalue weighted by atomic mass is 10.1. The van der Waals surface area contributed by atoms with E-state index in [1.54, 1.807) is 12.1 Å². The number of hydrogen-bond acceptors (Lipinski definition) is 4. The first-order valence-electron chi connectivity index (χ1n) is 8.25. The van der Waals surface area contributed by atoms with Crippen LogP contribution in [0.4, 0.5) is 11.4 Å². The summed E-state index contributed by atoms with van der Waals surface area (Å²) in [5.74, 6) is -0.0291. The molecule has 0 aromatic heterocycles. The summed E-state index contributed by atoms with van der Waals surface area (Å²) >= 11 is 6.13. The normalized spacial score (nSPS) is 12.4. The van der Waals surface area contributed by atoms with Crippen molar-refractivity contribution in [1.29, 1.82) is 0 Å². The van der Waals surface area contributed by atoms with Crippen molar-refractivity contribution in [1.82, 2.24) is 0 Å².